The van der Waals surface area contributed by atoms with Crippen LogP contribution in [0.15, 0.2) is 42.6 Å². The lowest BCUT2D eigenvalue weighted by Crippen LogP contribution is -2.42. The van der Waals surface area contributed by atoms with Gasteiger partial charge in [-0.05, 0) is 48.2 Å². The van der Waals surface area contributed by atoms with Crippen LogP contribution in [0.3, 0.4) is 0 Å². The van der Waals surface area contributed by atoms with Crippen molar-refractivity contribution in [2.45, 2.75) is 39.3 Å². The highest BCUT2D eigenvalue weighted by Gasteiger charge is 2.41. The lowest BCUT2D eigenvalue weighted by molar-refractivity contribution is -0.164. The minimum atomic E-state index is -4.49. The number of rotatable bonds is 7. The normalized spacial score (nSPS) is 15.5. The SMILES string of the molecule is CC(C)(CC(F)(F)F)C(=O)NCC(=O)Nc1ccc2c(c1)C[C@H](C(=O)Nc1ccccn1)C2. The minimum Gasteiger partial charge on any atom is -0.347 e. The molecule has 0 bridgehead atoms. The number of nitrogens with one attached hydrogen (secondary N) is 3. The molecule has 176 valence electrons. The number of aromatic nitrogens is 1. The van der Waals surface area contributed by atoms with Crippen molar-refractivity contribution in [2.75, 3.05) is 17.2 Å². The topological polar surface area (TPSA) is 100 Å². The molecule has 0 aliphatic heterocycles. The van der Waals surface area contributed by atoms with E-state index in [-0.39, 0.29) is 11.8 Å². The molecule has 0 saturated carbocycles. The number of nitrogens with zero attached hydrogens (tertiary/aromatic N) is 1. The fourth-order valence-corrected chi connectivity index (χ4v) is 3.73. The van der Waals surface area contributed by atoms with E-state index >= 15 is 0 Å². The second kappa shape index (κ2) is 9.60. The zero-order valence-corrected chi connectivity index (χ0v) is 18.3. The summed E-state index contributed by atoms with van der Waals surface area (Å²) < 4.78 is 37.8. The average Bonchev–Trinajstić information content (AvgIpc) is 3.14. The Morgan fingerprint density at radius 3 is 2.42 bits per heavy atom. The molecule has 0 radical (unpaired) electrons. The first-order valence-corrected chi connectivity index (χ1v) is 10.4. The van der Waals surface area contributed by atoms with Gasteiger partial charge in [-0.2, -0.15) is 13.2 Å². The van der Waals surface area contributed by atoms with Crippen molar-refractivity contribution in [1.82, 2.24) is 10.3 Å². The summed E-state index contributed by atoms with van der Waals surface area (Å²) in [5, 5.41) is 7.67. The van der Waals surface area contributed by atoms with Crippen molar-refractivity contribution in [3.05, 3.63) is 53.7 Å². The number of alkyl halides is 3. The maximum atomic E-state index is 12.6. The second-order valence-electron chi connectivity index (χ2n) is 8.70. The van der Waals surface area contributed by atoms with E-state index in [2.05, 4.69) is 20.9 Å². The largest absolute Gasteiger partial charge is 0.390 e. The summed E-state index contributed by atoms with van der Waals surface area (Å²) in [5.74, 6) is -1.34. The first kappa shape index (κ1) is 24.2. The highest BCUT2D eigenvalue weighted by atomic mass is 19.4. The highest BCUT2D eigenvalue weighted by molar-refractivity contribution is 5.96. The fourth-order valence-electron chi connectivity index (χ4n) is 3.73. The molecule has 33 heavy (non-hydrogen) atoms. The van der Waals surface area contributed by atoms with Gasteiger partial charge >= 0.3 is 6.18 Å². The van der Waals surface area contributed by atoms with Crippen LogP contribution in [0.25, 0.3) is 0 Å². The third-order valence-corrected chi connectivity index (χ3v) is 5.38. The molecule has 1 aromatic carbocycles. The highest BCUT2D eigenvalue weighted by Crippen LogP contribution is 2.33. The first-order chi connectivity index (χ1) is 15.4. The molecule has 3 rings (SSSR count). The van der Waals surface area contributed by atoms with Crippen LogP contribution < -0.4 is 16.0 Å². The number of halogens is 3. The van der Waals surface area contributed by atoms with E-state index in [1.54, 1.807) is 36.5 Å². The maximum absolute atomic E-state index is 12.6. The third-order valence-electron chi connectivity index (χ3n) is 5.38. The van der Waals surface area contributed by atoms with Gasteiger partial charge in [0, 0.05) is 17.8 Å². The van der Waals surface area contributed by atoms with Crippen LogP contribution in [0.5, 0.6) is 0 Å². The quantitative estimate of drug-likeness (QED) is 0.587. The van der Waals surface area contributed by atoms with Crippen molar-refractivity contribution in [3.63, 3.8) is 0 Å². The van der Waals surface area contributed by atoms with E-state index in [0.717, 1.165) is 11.1 Å². The van der Waals surface area contributed by atoms with Crippen LogP contribution >= 0.6 is 0 Å². The molecular formula is C23H25F3N4O3. The van der Waals surface area contributed by atoms with Gasteiger partial charge in [0.05, 0.1) is 18.4 Å². The Bertz CT molecular complexity index is 1040. The summed E-state index contributed by atoms with van der Waals surface area (Å²) in [5.41, 5.74) is 0.714. The molecule has 0 fully saturated rings. The van der Waals surface area contributed by atoms with Crippen molar-refractivity contribution in [3.8, 4) is 0 Å². The standard InChI is InChI=1S/C23H25F3N4O3/c1-22(2,13-23(24,25)26)21(33)28-12-19(31)29-17-7-6-14-9-16(10-15(14)11-17)20(32)30-18-5-3-4-8-27-18/h3-8,11,16H,9-10,12-13H2,1-2H3,(H,28,33)(H,29,31)(H,27,30,32)/t16-/m1/s1. The number of benzene rings is 1. The Hall–Kier alpha value is -3.43. The summed E-state index contributed by atoms with van der Waals surface area (Å²) >= 11 is 0. The van der Waals surface area contributed by atoms with E-state index < -0.39 is 36.4 Å². The van der Waals surface area contributed by atoms with E-state index in [4.69, 9.17) is 0 Å². The number of fused-ring (bicyclic) bond motifs is 1. The summed E-state index contributed by atoms with van der Waals surface area (Å²) in [6.45, 7) is 1.90. The number of carbonyl (C=O) groups is 3. The van der Waals surface area contributed by atoms with E-state index in [0.29, 0.717) is 24.3 Å². The Kier molecular flexibility index (Phi) is 7.04. The first-order valence-electron chi connectivity index (χ1n) is 10.4. The minimum absolute atomic E-state index is 0.139. The van der Waals surface area contributed by atoms with Crippen LogP contribution in [0.1, 0.15) is 31.4 Å². The van der Waals surface area contributed by atoms with Crippen molar-refractivity contribution >= 4 is 29.2 Å². The van der Waals surface area contributed by atoms with E-state index in [1.807, 2.05) is 6.07 Å². The van der Waals surface area contributed by atoms with Gasteiger partial charge in [0.15, 0.2) is 0 Å². The zero-order chi connectivity index (χ0) is 24.2. The molecule has 3 N–H and O–H groups in total. The number of pyridine rings is 1. The van der Waals surface area contributed by atoms with Crippen molar-refractivity contribution < 1.29 is 27.6 Å². The van der Waals surface area contributed by atoms with Crippen LogP contribution in [0.4, 0.5) is 24.7 Å². The summed E-state index contributed by atoms with van der Waals surface area (Å²) in [7, 11) is 0. The van der Waals surface area contributed by atoms with Crippen LogP contribution in [0.2, 0.25) is 0 Å². The molecule has 7 nitrogen and oxygen atoms in total. The van der Waals surface area contributed by atoms with Gasteiger partial charge in [-0.15, -0.1) is 0 Å². The van der Waals surface area contributed by atoms with Gasteiger partial charge in [-0.25, -0.2) is 4.98 Å². The van der Waals surface area contributed by atoms with Gasteiger partial charge < -0.3 is 16.0 Å². The second-order valence-corrected chi connectivity index (χ2v) is 8.70. The van der Waals surface area contributed by atoms with Gasteiger partial charge in [0.25, 0.3) is 0 Å². The lowest BCUT2D eigenvalue weighted by Gasteiger charge is -2.24. The summed E-state index contributed by atoms with van der Waals surface area (Å²) in [4.78, 5) is 40.9. The predicted molar refractivity (Wildman–Crippen MR) is 116 cm³/mol. The Morgan fingerprint density at radius 2 is 1.76 bits per heavy atom. The fraction of sp³-hybridized carbons (Fsp3) is 0.391. The Morgan fingerprint density at radius 1 is 1.03 bits per heavy atom. The Labute approximate surface area is 189 Å². The van der Waals surface area contributed by atoms with Gasteiger partial charge in [-0.1, -0.05) is 26.0 Å². The van der Waals surface area contributed by atoms with E-state index in [1.165, 1.54) is 13.8 Å². The molecule has 1 aliphatic rings. The molecule has 0 spiro atoms. The summed E-state index contributed by atoms with van der Waals surface area (Å²) in [6, 6.07) is 10.5. The Balaban J connectivity index is 1.52. The number of carbonyl (C=O) groups excluding carboxylic acids is 3. The molecule has 10 heteroatoms. The molecule has 1 aliphatic carbocycles. The monoisotopic (exact) mass is 462 g/mol. The van der Waals surface area contributed by atoms with Crippen LogP contribution in [0, 0.1) is 11.3 Å². The average molecular weight is 462 g/mol. The van der Waals surface area contributed by atoms with Gasteiger partial charge in [-0.3, -0.25) is 14.4 Å². The molecule has 1 atom stereocenters. The molecular weight excluding hydrogens is 437 g/mol. The number of anilines is 2. The molecule has 0 unspecified atom stereocenters. The number of hydrogen-bond acceptors (Lipinski definition) is 4. The van der Waals surface area contributed by atoms with Crippen molar-refractivity contribution in [2.24, 2.45) is 11.3 Å². The molecule has 2 aromatic rings. The van der Waals surface area contributed by atoms with Crippen molar-refractivity contribution in [1.29, 1.82) is 0 Å². The third kappa shape index (κ3) is 6.77. The number of amides is 3. The lowest BCUT2D eigenvalue weighted by atomic mass is 9.88. The molecule has 0 saturated heterocycles. The predicted octanol–water partition coefficient (Wildman–Crippen LogP) is 3.47. The molecule has 1 heterocycles. The summed E-state index contributed by atoms with van der Waals surface area (Å²) in [6.07, 6.45) is -3.12. The molecule has 3 amide bonds. The number of hydrogen-bond donors (Lipinski definition) is 3. The van der Waals surface area contributed by atoms with Gasteiger partial charge in [0.1, 0.15) is 5.82 Å². The van der Waals surface area contributed by atoms with Gasteiger partial charge in [0.2, 0.25) is 17.7 Å². The smallest absolute Gasteiger partial charge is 0.347 e. The van der Waals surface area contributed by atoms with Crippen LogP contribution in [-0.2, 0) is 27.2 Å². The van der Waals surface area contributed by atoms with E-state index in [9.17, 15) is 27.6 Å². The maximum Gasteiger partial charge on any atom is 0.390 e. The van der Waals surface area contributed by atoms with Crippen LogP contribution in [-0.4, -0.2) is 35.4 Å². The molecule has 1 aromatic heterocycles. The zero-order valence-electron chi connectivity index (χ0n) is 18.3.